The molecule has 2 bridgehead atoms. The zero-order chi connectivity index (χ0) is 18.3. The standard InChI is InChI=1S/C20H21N3O3/c1-17-11-10-13(14-18(17,2)20(4)19(14,3)26-20)22-15(24)21(16(25)23(17)22)12-8-6-5-7-9-12/h5-11,13-14H,1-4H3. The van der Waals surface area contributed by atoms with Crippen molar-refractivity contribution in [1.82, 2.24) is 13.9 Å². The van der Waals surface area contributed by atoms with Crippen LogP contribution >= 0.6 is 0 Å². The molecule has 6 atom stereocenters. The molecule has 7 rings (SSSR count). The van der Waals surface area contributed by atoms with Crippen LogP contribution in [0.3, 0.4) is 0 Å². The van der Waals surface area contributed by atoms with Gasteiger partial charge in [-0.2, -0.15) is 0 Å². The van der Waals surface area contributed by atoms with E-state index in [0.717, 1.165) is 0 Å². The van der Waals surface area contributed by atoms with Crippen molar-refractivity contribution in [2.45, 2.75) is 50.5 Å². The Bertz CT molecular complexity index is 1140. The lowest BCUT2D eigenvalue weighted by Gasteiger charge is -2.67. The predicted molar refractivity (Wildman–Crippen MR) is 95.6 cm³/mol. The van der Waals surface area contributed by atoms with Crippen LogP contribution in [0.2, 0.25) is 0 Å². The molecule has 1 aromatic carbocycles. The van der Waals surface area contributed by atoms with Gasteiger partial charge in [0.1, 0.15) is 11.2 Å². The first-order valence-corrected chi connectivity index (χ1v) is 9.14. The number of hydrogen-bond acceptors (Lipinski definition) is 3. The van der Waals surface area contributed by atoms with E-state index in [1.165, 1.54) is 4.57 Å². The second-order valence-electron chi connectivity index (χ2n) is 8.81. The molecule has 3 aliphatic heterocycles. The number of allylic oxidation sites excluding steroid dienone is 2. The lowest BCUT2D eigenvalue weighted by Crippen LogP contribution is -2.77. The molecule has 0 N–H and O–H groups in total. The summed E-state index contributed by atoms with van der Waals surface area (Å²) in [6.45, 7) is 8.55. The van der Waals surface area contributed by atoms with Gasteiger partial charge in [0.05, 0.1) is 17.3 Å². The van der Waals surface area contributed by atoms with Gasteiger partial charge in [0.25, 0.3) is 0 Å². The summed E-state index contributed by atoms with van der Waals surface area (Å²) in [5.74, 6) is 0.179. The van der Waals surface area contributed by atoms with Crippen molar-refractivity contribution in [3.8, 4) is 5.69 Å². The number of para-hydroxylation sites is 1. The Morgan fingerprint density at radius 1 is 1.00 bits per heavy atom. The highest BCUT2D eigenvalue weighted by Crippen LogP contribution is 2.84. The van der Waals surface area contributed by atoms with Gasteiger partial charge >= 0.3 is 11.4 Å². The zero-order valence-corrected chi connectivity index (χ0v) is 15.3. The van der Waals surface area contributed by atoms with Gasteiger partial charge in [0.15, 0.2) is 0 Å². The van der Waals surface area contributed by atoms with Crippen molar-refractivity contribution >= 4 is 0 Å². The molecule has 1 aromatic heterocycles. The largest absolute Gasteiger partial charge is 0.362 e. The Labute approximate surface area is 150 Å². The van der Waals surface area contributed by atoms with Crippen LogP contribution in [0.5, 0.6) is 0 Å². The maximum absolute atomic E-state index is 13.4. The van der Waals surface area contributed by atoms with E-state index in [4.69, 9.17) is 4.74 Å². The molecule has 2 aliphatic carbocycles. The number of nitrogens with zero attached hydrogens (tertiary/aromatic N) is 3. The van der Waals surface area contributed by atoms with Gasteiger partial charge in [-0.05, 0) is 32.9 Å². The monoisotopic (exact) mass is 351 g/mol. The van der Waals surface area contributed by atoms with Crippen LogP contribution in [0, 0.1) is 11.3 Å². The number of rotatable bonds is 1. The number of aromatic nitrogens is 3. The minimum absolute atomic E-state index is 0.160. The minimum atomic E-state index is -0.604. The van der Waals surface area contributed by atoms with Crippen molar-refractivity contribution in [2.24, 2.45) is 11.3 Å². The molecule has 1 saturated heterocycles. The first kappa shape index (κ1) is 14.8. The fourth-order valence-electron chi connectivity index (χ4n) is 6.64. The second kappa shape index (κ2) is 3.69. The number of fused-ring (bicyclic) bond motifs is 1. The third-order valence-electron chi connectivity index (χ3n) is 8.25. The van der Waals surface area contributed by atoms with Crippen molar-refractivity contribution in [3.63, 3.8) is 0 Å². The lowest BCUT2D eigenvalue weighted by atomic mass is 9.38. The van der Waals surface area contributed by atoms with Crippen molar-refractivity contribution in [2.75, 3.05) is 0 Å². The average molecular weight is 351 g/mol. The van der Waals surface area contributed by atoms with Crippen LogP contribution in [0.25, 0.3) is 5.69 Å². The summed E-state index contributed by atoms with van der Waals surface area (Å²) in [4.78, 5) is 26.7. The highest BCUT2D eigenvalue weighted by molar-refractivity contribution is 5.46. The van der Waals surface area contributed by atoms with Crippen LogP contribution in [0.1, 0.15) is 33.7 Å². The summed E-state index contributed by atoms with van der Waals surface area (Å²) < 4.78 is 10.8. The molecule has 0 amide bonds. The maximum atomic E-state index is 13.4. The highest BCUT2D eigenvalue weighted by Gasteiger charge is 2.94. The fourth-order valence-corrected chi connectivity index (χ4v) is 6.64. The van der Waals surface area contributed by atoms with Crippen molar-refractivity contribution in [1.29, 1.82) is 0 Å². The summed E-state index contributed by atoms with van der Waals surface area (Å²) in [6.07, 6.45) is 4.20. The van der Waals surface area contributed by atoms with E-state index in [9.17, 15) is 9.59 Å². The number of epoxide rings is 1. The van der Waals surface area contributed by atoms with Crippen molar-refractivity contribution < 1.29 is 4.74 Å². The first-order valence-electron chi connectivity index (χ1n) is 9.14. The number of benzene rings is 1. The Balaban J connectivity index is 1.70. The van der Waals surface area contributed by atoms with Gasteiger partial charge in [-0.3, -0.25) is 0 Å². The van der Waals surface area contributed by atoms with Crippen molar-refractivity contribution in [3.05, 3.63) is 63.5 Å². The van der Waals surface area contributed by atoms with Gasteiger partial charge in [-0.15, -0.1) is 0 Å². The molecule has 4 heterocycles. The Morgan fingerprint density at radius 2 is 1.69 bits per heavy atom. The number of ether oxygens (including phenoxy) is 1. The molecule has 1 saturated carbocycles. The molecule has 2 fully saturated rings. The Hall–Kier alpha value is -2.34. The first-order chi connectivity index (χ1) is 12.2. The van der Waals surface area contributed by atoms with Crippen LogP contribution in [-0.2, 0) is 10.3 Å². The van der Waals surface area contributed by atoms with E-state index in [2.05, 4.69) is 39.8 Å². The fraction of sp³-hybridized carbons (Fsp3) is 0.500. The molecular formula is C20H21N3O3. The molecule has 0 spiro atoms. The molecule has 6 heteroatoms. The summed E-state index contributed by atoms with van der Waals surface area (Å²) >= 11 is 0. The summed E-state index contributed by atoms with van der Waals surface area (Å²) in [5.41, 5.74) is -1.28. The van der Waals surface area contributed by atoms with Gasteiger partial charge in [-0.25, -0.2) is 23.5 Å². The normalized spacial score (nSPS) is 46.3. The van der Waals surface area contributed by atoms with Crippen LogP contribution < -0.4 is 11.4 Å². The predicted octanol–water partition coefficient (Wildman–Crippen LogP) is 1.82. The zero-order valence-electron chi connectivity index (χ0n) is 15.3. The molecule has 134 valence electrons. The van der Waals surface area contributed by atoms with Gasteiger partial charge < -0.3 is 4.74 Å². The van der Waals surface area contributed by atoms with Crippen LogP contribution in [0.15, 0.2) is 52.1 Å². The molecule has 2 aromatic rings. The molecular weight excluding hydrogens is 330 g/mol. The van der Waals surface area contributed by atoms with Gasteiger partial charge in [0, 0.05) is 11.3 Å². The smallest absolute Gasteiger partial charge is 0.352 e. The van der Waals surface area contributed by atoms with Gasteiger partial charge in [0.2, 0.25) is 0 Å². The Kier molecular flexibility index (Phi) is 2.10. The highest BCUT2D eigenvalue weighted by atomic mass is 16.6. The van der Waals surface area contributed by atoms with Gasteiger partial charge in [-0.1, -0.05) is 37.3 Å². The minimum Gasteiger partial charge on any atom is -0.362 e. The van der Waals surface area contributed by atoms with Crippen LogP contribution in [0.4, 0.5) is 0 Å². The van der Waals surface area contributed by atoms with E-state index in [1.807, 2.05) is 18.2 Å². The summed E-state index contributed by atoms with van der Waals surface area (Å²) in [7, 11) is 0. The average Bonchev–Trinajstić information content (AvgIpc) is 2.98. The molecule has 6 unspecified atom stereocenters. The third kappa shape index (κ3) is 1.08. The maximum Gasteiger partial charge on any atom is 0.352 e. The molecule has 0 radical (unpaired) electrons. The van der Waals surface area contributed by atoms with Crippen LogP contribution in [-0.4, -0.2) is 25.1 Å². The third-order valence-corrected chi connectivity index (χ3v) is 8.25. The Morgan fingerprint density at radius 3 is 2.38 bits per heavy atom. The lowest BCUT2D eigenvalue weighted by molar-refractivity contribution is -0.148. The summed E-state index contributed by atoms with van der Waals surface area (Å²) in [5, 5.41) is 0. The second-order valence-corrected chi connectivity index (χ2v) is 8.81. The van der Waals surface area contributed by atoms with E-state index in [1.54, 1.807) is 21.5 Å². The molecule has 6 nitrogen and oxygen atoms in total. The number of hydrogen-bond donors (Lipinski definition) is 0. The van der Waals surface area contributed by atoms with E-state index < -0.39 is 5.54 Å². The summed E-state index contributed by atoms with van der Waals surface area (Å²) in [6, 6.07) is 9.00. The quantitative estimate of drug-likeness (QED) is 0.582. The topological polar surface area (TPSA) is 61.5 Å². The molecule has 26 heavy (non-hydrogen) atoms. The molecule has 5 aliphatic rings. The van der Waals surface area contributed by atoms with E-state index in [0.29, 0.717) is 5.69 Å². The van der Waals surface area contributed by atoms with E-state index in [-0.39, 0.29) is 40.0 Å². The van der Waals surface area contributed by atoms with E-state index >= 15 is 0 Å². The SMILES string of the molecule is CC12OC1(C)C1(C)C2C2C=CC1(C)n1c(=O)n(-c3ccccc3)c(=O)n12.